The van der Waals surface area contributed by atoms with Crippen molar-refractivity contribution in [2.75, 3.05) is 19.4 Å². The van der Waals surface area contributed by atoms with Crippen LogP contribution in [0.5, 0.6) is 0 Å². The van der Waals surface area contributed by atoms with Gasteiger partial charge in [-0.3, -0.25) is 4.90 Å². The number of carbonyl (C=O) groups is 1. The van der Waals surface area contributed by atoms with E-state index < -0.39 is 11.0 Å². The normalized spacial score (nSPS) is 15.2. The highest BCUT2D eigenvalue weighted by molar-refractivity contribution is 7.82. The molecule has 124 valence electrons. The molecule has 2 amide bonds. The maximum absolute atomic E-state index is 12.3. The first-order valence-corrected chi connectivity index (χ1v) is 8.63. The molecule has 6 heteroatoms. The van der Waals surface area contributed by atoms with E-state index in [9.17, 15) is 9.00 Å². The number of hydrogen-bond donors (Lipinski definition) is 1. The molecule has 1 aliphatic heterocycles. The minimum atomic E-state index is -1.17. The molecule has 0 aromatic heterocycles. The summed E-state index contributed by atoms with van der Waals surface area (Å²) in [7, 11) is 2.36. The minimum absolute atomic E-state index is 0.195. The molecule has 0 spiro atoms. The molecule has 24 heavy (non-hydrogen) atoms. The third kappa shape index (κ3) is 3.11. The highest BCUT2D eigenvalue weighted by atomic mass is 32.2. The quantitative estimate of drug-likeness (QED) is 0.928. The monoisotopic (exact) mass is 341 g/mol. The summed E-state index contributed by atoms with van der Waals surface area (Å²) in [6, 6.07) is 14.8. The van der Waals surface area contributed by atoms with Gasteiger partial charge in [0.15, 0.2) is 0 Å². The molecule has 5 nitrogen and oxygen atoms in total. The van der Waals surface area contributed by atoms with Crippen LogP contribution in [0.2, 0.25) is 0 Å². The van der Waals surface area contributed by atoms with E-state index in [1.165, 1.54) is 0 Å². The summed E-state index contributed by atoms with van der Waals surface area (Å²) in [5.41, 5.74) is 3.32. The molecule has 2 aromatic rings. The van der Waals surface area contributed by atoms with Crippen LogP contribution < -0.4 is 5.32 Å². The van der Waals surface area contributed by atoms with Crippen molar-refractivity contribution >= 4 is 28.4 Å². The Morgan fingerprint density at radius 1 is 1.12 bits per heavy atom. The van der Waals surface area contributed by atoms with Crippen molar-refractivity contribution in [3.8, 4) is 0 Å². The summed E-state index contributed by atoms with van der Waals surface area (Å²) in [5.74, 6) is 0. The Balaban J connectivity index is 1.80. The molecule has 1 unspecified atom stereocenters. The van der Waals surface area contributed by atoms with Crippen LogP contribution in [0.4, 0.5) is 10.5 Å². The van der Waals surface area contributed by atoms with Crippen molar-refractivity contribution in [3.05, 3.63) is 66.2 Å². The molecule has 0 aliphatic carbocycles. The molecule has 0 bridgehead atoms. The van der Waals surface area contributed by atoms with E-state index in [4.69, 9.17) is 0 Å². The Bertz CT molecular complexity index is 815. The van der Waals surface area contributed by atoms with E-state index in [1.807, 2.05) is 48.5 Å². The maximum Gasteiger partial charge on any atom is 0.326 e. The van der Waals surface area contributed by atoms with Gasteiger partial charge in [-0.05, 0) is 37.9 Å². The lowest BCUT2D eigenvalue weighted by Crippen LogP contribution is -2.36. The lowest BCUT2D eigenvalue weighted by molar-refractivity contribution is 0.229. The van der Waals surface area contributed by atoms with Crippen LogP contribution in [-0.4, -0.2) is 33.5 Å². The summed E-state index contributed by atoms with van der Waals surface area (Å²) < 4.78 is 13.7. The lowest BCUT2D eigenvalue weighted by atomic mass is 10.1. The number of nitrogens with zero attached hydrogens (tertiary/aromatic N) is 2. The Morgan fingerprint density at radius 2 is 1.79 bits per heavy atom. The highest BCUT2D eigenvalue weighted by Gasteiger charge is 2.25. The van der Waals surface area contributed by atoms with Crippen molar-refractivity contribution in [2.45, 2.75) is 11.4 Å². The maximum atomic E-state index is 12.3. The van der Waals surface area contributed by atoms with Crippen LogP contribution in [0.1, 0.15) is 11.1 Å². The Kier molecular flexibility index (Phi) is 4.51. The van der Waals surface area contributed by atoms with E-state index >= 15 is 0 Å². The van der Waals surface area contributed by atoms with Gasteiger partial charge >= 0.3 is 6.03 Å². The number of urea groups is 1. The topological polar surface area (TPSA) is 52.7 Å². The zero-order chi connectivity index (χ0) is 17.3. The fraction of sp³-hybridized carbons (Fsp3) is 0.167. The van der Waals surface area contributed by atoms with E-state index in [2.05, 4.69) is 11.9 Å². The number of nitrogens with one attached hydrogen (secondary N) is 1. The third-order valence-corrected chi connectivity index (χ3v) is 5.19. The number of para-hydroxylation sites is 1. The van der Waals surface area contributed by atoms with E-state index in [0.717, 1.165) is 21.7 Å². The predicted molar refractivity (Wildman–Crippen MR) is 96.6 cm³/mol. The van der Waals surface area contributed by atoms with Gasteiger partial charge in [0.25, 0.3) is 0 Å². The average molecular weight is 341 g/mol. The van der Waals surface area contributed by atoms with Crippen molar-refractivity contribution in [1.82, 2.24) is 9.21 Å². The molecular formula is C18H19N3O2S. The van der Waals surface area contributed by atoms with E-state index in [-0.39, 0.29) is 6.03 Å². The zero-order valence-corrected chi connectivity index (χ0v) is 14.5. The molecule has 3 rings (SSSR count). The first-order chi connectivity index (χ1) is 11.5. The summed E-state index contributed by atoms with van der Waals surface area (Å²) in [5, 5.41) is 2.88. The van der Waals surface area contributed by atoms with Gasteiger partial charge in [0.2, 0.25) is 0 Å². The minimum Gasteiger partial charge on any atom is -0.307 e. The molecule has 1 heterocycles. The van der Waals surface area contributed by atoms with Crippen LogP contribution >= 0.6 is 0 Å². The van der Waals surface area contributed by atoms with Gasteiger partial charge in [0, 0.05) is 11.3 Å². The number of carbonyl (C=O) groups excluding carboxylic acids is 1. The first-order valence-electron chi connectivity index (χ1n) is 7.52. The van der Waals surface area contributed by atoms with Gasteiger partial charge in [-0.25, -0.2) is 13.3 Å². The van der Waals surface area contributed by atoms with Crippen molar-refractivity contribution < 1.29 is 9.00 Å². The lowest BCUT2D eigenvalue weighted by Gasteiger charge is -2.31. The number of amides is 2. The van der Waals surface area contributed by atoms with E-state index in [0.29, 0.717) is 12.2 Å². The number of hydrogen-bond acceptors (Lipinski definition) is 2. The molecular weight excluding hydrogens is 322 g/mol. The van der Waals surface area contributed by atoms with Crippen LogP contribution in [0.25, 0.3) is 5.70 Å². The molecule has 0 saturated carbocycles. The van der Waals surface area contributed by atoms with Gasteiger partial charge in [-0.2, -0.15) is 0 Å². The second-order valence-electron chi connectivity index (χ2n) is 5.71. The van der Waals surface area contributed by atoms with Crippen molar-refractivity contribution in [3.63, 3.8) is 0 Å². The summed E-state index contributed by atoms with van der Waals surface area (Å²) in [4.78, 5) is 14.7. The Hall–Kier alpha value is -2.44. The molecule has 1 aliphatic rings. The summed E-state index contributed by atoms with van der Waals surface area (Å²) in [6.45, 7) is 4.47. The largest absolute Gasteiger partial charge is 0.326 e. The first kappa shape index (κ1) is 16.4. The number of rotatable bonds is 4. The fourth-order valence-corrected chi connectivity index (χ4v) is 3.36. The standard InChI is InChI=1S/C18H19N3O2S/c1-13-16-6-4-5-7-17(16)19-18(22)21(13)12-14-8-10-15(11-9-14)24(23)20(2)3/h4-11H,1,12H2,2-3H3,(H,19,22). The second-order valence-corrected chi connectivity index (χ2v) is 7.41. The number of anilines is 1. The van der Waals surface area contributed by atoms with Gasteiger partial charge in [-0.1, -0.05) is 36.9 Å². The van der Waals surface area contributed by atoms with Gasteiger partial charge in [0.05, 0.1) is 17.1 Å². The predicted octanol–water partition coefficient (Wildman–Crippen LogP) is 3.29. The van der Waals surface area contributed by atoms with Gasteiger partial charge in [0.1, 0.15) is 11.0 Å². The third-order valence-electron chi connectivity index (χ3n) is 3.85. The SMILES string of the molecule is C=C1c2ccccc2NC(=O)N1Cc1ccc(S(=O)N(C)C)cc1. The van der Waals surface area contributed by atoms with Gasteiger partial charge in [-0.15, -0.1) is 0 Å². The summed E-state index contributed by atoms with van der Waals surface area (Å²) >= 11 is 0. The highest BCUT2D eigenvalue weighted by Crippen LogP contribution is 2.31. The Labute approximate surface area is 144 Å². The average Bonchev–Trinajstić information content (AvgIpc) is 2.58. The van der Waals surface area contributed by atoms with Crippen molar-refractivity contribution in [1.29, 1.82) is 0 Å². The van der Waals surface area contributed by atoms with Crippen LogP contribution in [0.3, 0.4) is 0 Å². The zero-order valence-electron chi connectivity index (χ0n) is 13.7. The van der Waals surface area contributed by atoms with Crippen molar-refractivity contribution in [2.24, 2.45) is 0 Å². The molecule has 0 saturated heterocycles. The summed E-state index contributed by atoms with van der Waals surface area (Å²) in [6.07, 6.45) is 0. The van der Waals surface area contributed by atoms with Crippen LogP contribution in [0.15, 0.2) is 60.0 Å². The smallest absolute Gasteiger partial charge is 0.307 e. The molecule has 0 radical (unpaired) electrons. The van der Waals surface area contributed by atoms with Crippen LogP contribution in [0, 0.1) is 0 Å². The fourth-order valence-electron chi connectivity index (χ4n) is 2.57. The second kappa shape index (κ2) is 6.59. The molecule has 1 N–H and O–H groups in total. The Morgan fingerprint density at radius 3 is 2.46 bits per heavy atom. The van der Waals surface area contributed by atoms with E-state index in [1.54, 1.807) is 23.3 Å². The number of fused-ring (bicyclic) bond motifs is 1. The van der Waals surface area contributed by atoms with Crippen LogP contribution in [-0.2, 0) is 17.5 Å². The molecule has 1 atom stereocenters. The molecule has 2 aromatic carbocycles. The molecule has 0 fully saturated rings. The van der Waals surface area contributed by atoms with Gasteiger partial charge < -0.3 is 5.32 Å². The number of benzene rings is 2.